The van der Waals surface area contributed by atoms with Crippen LogP contribution in [0.2, 0.25) is 0 Å². The van der Waals surface area contributed by atoms with E-state index in [1.165, 1.54) is 7.11 Å². The fourth-order valence-corrected chi connectivity index (χ4v) is 4.21. The number of carbonyl (C=O) groups excluding carboxylic acids is 1. The minimum Gasteiger partial charge on any atom is -0.497 e. The van der Waals surface area contributed by atoms with E-state index in [0.717, 1.165) is 0 Å². The van der Waals surface area contributed by atoms with Gasteiger partial charge in [-0.3, -0.25) is 4.79 Å². The Morgan fingerprint density at radius 3 is 2.26 bits per heavy atom. The molecule has 0 aliphatic carbocycles. The lowest BCUT2D eigenvalue weighted by atomic mass is 10.3. The first kappa shape index (κ1) is 16.3. The SMILES string of the molecule is COC(=O)[C@H](C)NP(=O)(I)Oc1ccc(OC)cc1. The van der Waals surface area contributed by atoms with E-state index in [1.807, 2.05) is 0 Å². The van der Waals surface area contributed by atoms with Crippen LogP contribution in [-0.4, -0.2) is 26.2 Å². The molecule has 1 aromatic rings. The summed E-state index contributed by atoms with van der Waals surface area (Å²) < 4.78 is 27.1. The Bertz CT molecular complexity index is 478. The predicted octanol–water partition coefficient (Wildman–Crippen LogP) is 2.77. The molecule has 0 fully saturated rings. The Labute approximate surface area is 124 Å². The first-order chi connectivity index (χ1) is 8.88. The zero-order valence-corrected chi connectivity index (χ0v) is 13.8. The Kier molecular flexibility index (Phi) is 6.09. The zero-order chi connectivity index (χ0) is 14.5. The highest BCUT2D eigenvalue weighted by molar-refractivity contribution is 14.2. The van der Waals surface area contributed by atoms with Gasteiger partial charge in [-0.15, -0.1) is 0 Å². The summed E-state index contributed by atoms with van der Waals surface area (Å²) in [6.45, 7) is 1.55. The van der Waals surface area contributed by atoms with Crippen LogP contribution in [0.1, 0.15) is 6.92 Å². The number of benzene rings is 1. The number of esters is 1. The third-order valence-electron chi connectivity index (χ3n) is 2.18. The van der Waals surface area contributed by atoms with Gasteiger partial charge >= 0.3 is 11.1 Å². The van der Waals surface area contributed by atoms with Crippen molar-refractivity contribution in [1.82, 2.24) is 5.09 Å². The van der Waals surface area contributed by atoms with E-state index in [9.17, 15) is 9.36 Å². The smallest absolute Gasteiger partial charge is 0.374 e. The average Bonchev–Trinajstić information content (AvgIpc) is 2.37. The van der Waals surface area contributed by atoms with Crippen LogP contribution in [0.15, 0.2) is 24.3 Å². The highest BCUT2D eigenvalue weighted by atomic mass is 127. The lowest BCUT2D eigenvalue weighted by Gasteiger charge is -2.18. The van der Waals surface area contributed by atoms with Crippen molar-refractivity contribution in [2.75, 3.05) is 14.2 Å². The van der Waals surface area contributed by atoms with Crippen LogP contribution in [0.3, 0.4) is 0 Å². The van der Waals surface area contributed by atoms with Gasteiger partial charge in [0.1, 0.15) is 17.5 Å². The third kappa shape index (κ3) is 5.38. The number of methoxy groups -OCH3 is 2. The Morgan fingerprint density at radius 1 is 1.26 bits per heavy atom. The molecule has 0 radical (unpaired) electrons. The van der Waals surface area contributed by atoms with E-state index in [2.05, 4.69) is 9.82 Å². The predicted molar refractivity (Wildman–Crippen MR) is 79.9 cm³/mol. The average molecular weight is 399 g/mol. The van der Waals surface area contributed by atoms with Crippen molar-refractivity contribution in [3.8, 4) is 11.5 Å². The van der Waals surface area contributed by atoms with Gasteiger partial charge in [0.25, 0.3) is 0 Å². The minimum atomic E-state index is -3.18. The monoisotopic (exact) mass is 399 g/mol. The summed E-state index contributed by atoms with van der Waals surface area (Å²) in [7, 11) is 2.82. The fraction of sp³-hybridized carbons (Fsp3) is 0.364. The molecule has 6 nitrogen and oxygen atoms in total. The first-order valence-corrected chi connectivity index (χ1v) is 9.78. The molecule has 8 heteroatoms. The molecule has 0 amide bonds. The second-order valence-electron chi connectivity index (χ2n) is 3.62. The van der Waals surface area contributed by atoms with Crippen molar-refractivity contribution >= 4 is 33.2 Å². The molecular weight excluding hydrogens is 384 g/mol. The summed E-state index contributed by atoms with van der Waals surface area (Å²) >= 11 is 1.65. The molecule has 0 heterocycles. The molecule has 0 aliphatic heterocycles. The van der Waals surface area contributed by atoms with Crippen molar-refractivity contribution in [3.63, 3.8) is 0 Å². The minimum absolute atomic E-state index is 0.420. The van der Waals surface area contributed by atoms with E-state index >= 15 is 0 Å². The van der Waals surface area contributed by atoms with Crippen molar-refractivity contribution in [2.45, 2.75) is 13.0 Å². The summed E-state index contributed by atoms with van der Waals surface area (Å²) in [6.07, 6.45) is 0. The van der Waals surface area contributed by atoms with Gasteiger partial charge in [0.15, 0.2) is 0 Å². The van der Waals surface area contributed by atoms with Gasteiger partial charge in [-0.05, 0) is 31.2 Å². The van der Waals surface area contributed by atoms with E-state index < -0.39 is 17.2 Å². The Balaban J connectivity index is 2.67. The summed E-state index contributed by atoms with van der Waals surface area (Å²) in [5, 5.41) is -0.585. The molecule has 1 rings (SSSR count). The van der Waals surface area contributed by atoms with Crippen LogP contribution in [0, 0.1) is 0 Å². The van der Waals surface area contributed by atoms with E-state index in [4.69, 9.17) is 9.26 Å². The third-order valence-corrected chi connectivity index (χ3v) is 4.75. The van der Waals surface area contributed by atoms with Gasteiger partial charge in [-0.25, -0.2) is 9.65 Å². The molecular formula is C11H15INO5P. The lowest BCUT2D eigenvalue weighted by Crippen LogP contribution is -2.32. The van der Waals surface area contributed by atoms with Gasteiger partial charge in [-0.1, -0.05) is 0 Å². The number of halogens is 1. The molecule has 2 atom stereocenters. The van der Waals surface area contributed by atoms with E-state index in [1.54, 1.807) is 60.3 Å². The molecule has 0 saturated heterocycles. The molecule has 19 heavy (non-hydrogen) atoms. The molecule has 0 spiro atoms. The molecule has 0 aliphatic rings. The number of hydrogen-bond acceptors (Lipinski definition) is 5. The molecule has 1 N–H and O–H groups in total. The summed E-state index contributed by atoms with van der Waals surface area (Å²) in [5.74, 6) is 0.588. The van der Waals surface area contributed by atoms with Gasteiger partial charge < -0.3 is 14.0 Å². The number of nitrogens with one attached hydrogen (secondary N) is 1. The first-order valence-electron chi connectivity index (χ1n) is 5.37. The van der Waals surface area contributed by atoms with Crippen LogP contribution in [0.4, 0.5) is 0 Å². The van der Waals surface area contributed by atoms with Crippen LogP contribution >= 0.6 is 27.2 Å². The summed E-state index contributed by atoms with van der Waals surface area (Å²) in [6, 6.07) is 5.93. The second kappa shape index (κ2) is 7.12. The highest BCUT2D eigenvalue weighted by Gasteiger charge is 2.26. The zero-order valence-electron chi connectivity index (χ0n) is 10.8. The van der Waals surface area contributed by atoms with Crippen molar-refractivity contribution in [2.24, 2.45) is 0 Å². The largest absolute Gasteiger partial charge is 0.497 e. The molecule has 1 unspecified atom stereocenters. The molecule has 1 aromatic carbocycles. The summed E-state index contributed by atoms with van der Waals surface area (Å²) in [5.41, 5.74) is 0. The van der Waals surface area contributed by atoms with Crippen molar-refractivity contribution < 1.29 is 23.4 Å². The van der Waals surface area contributed by atoms with Gasteiger partial charge in [0.05, 0.1) is 36.3 Å². The molecule has 0 saturated carbocycles. The van der Waals surface area contributed by atoms with Crippen molar-refractivity contribution in [1.29, 1.82) is 0 Å². The van der Waals surface area contributed by atoms with Crippen LogP contribution in [0.5, 0.6) is 11.5 Å². The normalized spacial score (nSPS) is 15.2. The Hall–Kier alpha value is -0.790. The maximum absolute atomic E-state index is 12.2. The maximum atomic E-state index is 12.2. The Morgan fingerprint density at radius 2 is 1.79 bits per heavy atom. The van der Waals surface area contributed by atoms with Gasteiger partial charge in [-0.2, -0.15) is 0 Å². The van der Waals surface area contributed by atoms with Crippen LogP contribution in [-0.2, 0) is 14.1 Å². The molecule has 106 valence electrons. The van der Waals surface area contributed by atoms with Gasteiger partial charge in [0, 0.05) is 0 Å². The van der Waals surface area contributed by atoms with Crippen molar-refractivity contribution in [3.05, 3.63) is 24.3 Å². The number of ether oxygens (including phenoxy) is 2. The van der Waals surface area contributed by atoms with Gasteiger partial charge in [0.2, 0.25) is 0 Å². The number of carbonyl (C=O) groups is 1. The lowest BCUT2D eigenvalue weighted by molar-refractivity contribution is -0.142. The summed E-state index contributed by atoms with van der Waals surface area (Å²) in [4.78, 5) is 11.2. The van der Waals surface area contributed by atoms with Crippen LogP contribution in [0.25, 0.3) is 0 Å². The van der Waals surface area contributed by atoms with E-state index in [-0.39, 0.29) is 0 Å². The van der Waals surface area contributed by atoms with Crippen LogP contribution < -0.4 is 14.3 Å². The highest BCUT2D eigenvalue weighted by Crippen LogP contribution is 2.51. The molecule has 0 bridgehead atoms. The molecule has 0 aromatic heterocycles. The number of rotatable bonds is 6. The van der Waals surface area contributed by atoms with E-state index in [0.29, 0.717) is 11.5 Å². The quantitative estimate of drug-likeness (QED) is 0.451. The maximum Gasteiger partial charge on any atom is 0.374 e. The standard InChI is InChI=1S/C11H15INO5P/c1-8(11(14)17-3)13-19(12,15)18-10-6-4-9(16-2)5-7-10/h4-8H,1-3H3,(H,13,15)/t8-,19?/m0/s1. The second-order valence-corrected chi connectivity index (χ2v) is 8.83. The fourth-order valence-electron chi connectivity index (χ4n) is 1.26. The number of hydrogen-bond donors (Lipinski definition) is 1. The topological polar surface area (TPSA) is 73.9 Å².